The number of methoxy groups -OCH3 is 1. The van der Waals surface area contributed by atoms with E-state index in [-0.39, 0.29) is 36.4 Å². The summed E-state index contributed by atoms with van der Waals surface area (Å²) in [5.41, 5.74) is 0.629. The van der Waals surface area contributed by atoms with Crippen molar-refractivity contribution < 1.29 is 19.1 Å². The third-order valence-corrected chi connectivity index (χ3v) is 6.20. The lowest BCUT2D eigenvalue weighted by Gasteiger charge is -2.30. The van der Waals surface area contributed by atoms with E-state index in [9.17, 15) is 14.4 Å². The first kappa shape index (κ1) is 33.1. The molecule has 2 rings (SSSR count). The number of nitrogens with zero attached hydrogens (tertiary/aromatic N) is 3. The van der Waals surface area contributed by atoms with E-state index in [4.69, 9.17) is 4.74 Å². The quantitative estimate of drug-likeness (QED) is 0.391. The number of likely N-dealkylation sites (N-methyl/N-ethyl adjacent to an activating group) is 1. The van der Waals surface area contributed by atoms with E-state index >= 15 is 0 Å². The van der Waals surface area contributed by atoms with Gasteiger partial charge in [-0.05, 0) is 58.7 Å². The molecule has 0 aromatic heterocycles. The van der Waals surface area contributed by atoms with Gasteiger partial charge in [-0.15, -0.1) is 0 Å². The molecule has 0 bridgehead atoms. The number of hydrogen-bond donors (Lipinski definition) is 1. The number of hydrogen-bond acceptors (Lipinski definition) is 5. The third-order valence-electron chi connectivity index (χ3n) is 6.20. The fourth-order valence-corrected chi connectivity index (χ4v) is 4.25. The van der Waals surface area contributed by atoms with Gasteiger partial charge in [0.15, 0.2) is 0 Å². The van der Waals surface area contributed by atoms with Gasteiger partial charge in [-0.1, -0.05) is 46.6 Å². The van der Waals surface area contributed by atoms with Gasteiger partial charge in [-0.3, -0.25) is 14.4 Å². The molecule has 35 heavy (non-hydrogen) atoms. The van der Waals surface area contributed by atoms with Crippen molar-refractivity contribution in [2.24, 2.45) is 5.92 Å². The lowest BCUT2D eigenvalue weighted by Crippen LogP contribution is -2.44. The van der Waals surface area contributed by atoms with Crippen molar-refractivity contribution in [1.82, 2.24) is 20.0 Å². The Bertz CT molecular complexity index is 633. The second-order valence-electron chi connectivity index (χ2n) is 9.91. The number of rotatable bonds is 9. The molecule has 8 nitrogen and oxygen atoms in total. The summed E-state index contributed by atoms with van der Waals surface area (Å²) in [6.07, 6.45) is 9.82. The smallest absolute Gasteiger partial charge is 0.249 e. The molecule has 3 amide bonds. The number of carbonyl (C=O) groups excluding carboxylic acids is 3. The minimum atomic E-state index is -0.214. The summed E-state index contributed by atoms with van der Waals surface area (Å²) < 4.78 is 5.21. The van der Waals surface area contributed by atoms with Crippen LogP contribution in [0.25, 0.3) is 0 Å². The summed E-state index contributed by atoms with van der Waals surface area (Å²) in [6, 6.07) is -0.0946. The molecule has 0 radical (unpaired) electrons. The van der Waals surface area contributed by atoms with E-state index in [1.807, 2.05) is 24.8 Å². The molecule has 204 valence electrons. The molecule has 0 spiro atoms. The molecule has 0 saturated carbocycles. The highest BCUT2D eigenvalue weighted by atomic mass is 16.5. The molecule has 2 aliphatic rings. The Balaban J connectivity index is 0.000000956. The predicted octanol–water partition coefficient (Wildman–Crippen LogP) is 3.32. The van der Waals surface area contributed by atoms with Crippen LogP contribution >= 0.6 is 0 Å². The molecule has 2 fully saturated rings. The van der Waals surface area contributed by atoms with Crippen molar-refractivity contribution in [3.05, 3.63) is 11.6 Å². The van der Waals surface area contributed by atoms with Crippen LogP contribution in [-0.2, 0) is 19.1 Å². The Morgan fingerprint density at radius 2 is 1.71 bits per heavy atom. The van der Waals surface area contributed by atoms with Crippen molar-refractivity contribution in [2.45, 2.75) is 85.2 Å². The number of nitrogens with one attached hydrogen (secondary N) is 1. The van der Waals surface area contributed by atoms with E-state index in [1.54, 1.807) is 26.0 Å². The van der Waals surface area contributed by atoms with Gasteiger partial charge >= 0.3 is 0 Å². The van der Waals surface area contributed by atoms with Gasteiger partial charge in [0.05, 0.1) is 25.2 Å². The van der Waals surface area contributed by atoms with Gasteiger partial charge in [0.1, 0.15) is 0 Å². The van der Waals surface area contributed by atoms with Crippen LogP contribution < -0.4 is 5.32 Å². The van der Waals surface area contributed by atoms with Gasteiger partial charge in [0.2, 0.25) is 18.2 Å². The van der Waals surface area contributed by atoms with Crippen molar-refractivity contribution >= 4 is 18.2 Å². The van der Waals surface area contributed by atoms with Crippen LogP contribution in [-0.4, -0.2) is 99.0 Å². The average molecular weight is 497 g/mol. The molecule has 8 heteroatoms. The number of piperidine rings is 1. The third kappa shape index (κ3) is 13.1. The van der Waals surface area contributed by atoms with Crippen LogP contribution in [0.2, 0.25) is 0 Å². The minimum absolute atomic E-state index is 0.00272. The molecule has 2 heterocycles. The molecule has 2 saturated heterocycles. The topological polar surface area (TPSA) is 82.2 Å². The van der Waals surface area contributed by atoms with Gasteiger partial charge in [0.25, 0.3) is 0 Å². The fourth-order valence-electron chi connectivity index (χ4n) is 4.25. The predicted molar refractivity (Wildman–Crippen MR) is 143 cm³/mol. The van der Waals surface area contributed by atoms with Crippen LogP contribution in [0.5, 0.6) is 0 Å². The maximum Gasteiger partial charge on any atom is 0.249 e. The summed E-state index contributed by atoms with van der Waals surface area (Å²) in [5.74, 6) is -0.0564. The summed E-state index contributed by atoms with van der Waals surface area (Å²) in [5, 5.41) is 2.38. The zero-order valence-electron chi connectivity index (χ0n) is 23.6. The first-order valence-electron chi connectivity index (χ1n) is 13.2. The van der Waals surface area contributed by atoms with Crippen LogP contribution in [0.1, 0.15) is 73.1 Å². The normalized spacial score (nSPS) is 19.2. The average Bonchev–Trinajstić information content (AvgIpc) is 3.29. The van der Waals surface area contributed by atoms with Crippen LogP contribution in [0.15, 0.2) is 11.6 Å². The van der Waals surface area contributed by atoms with Gasteiger partial charge in [0, 0.05) is 26.3 Å². The van der Waals surface area contributed by atoms with Crippen LogP contribution in [0.4, 0.5) is 0 Å². The van der Waals surface area contributed by atoms with Gasteiger partial charge < -0.3 is 24.8 Å². The lowest BCUT2D eigenvalue weighted by atomic mass is 9.99. The second kappa shape index (κ2) is 19.3. The largest absolute Gasteiger partial charge is 0.383 e. The highest BCUT2D eigenvalue weighted by molar-refractivity contribution is 5.93. The molecule has 2 atom stereocenters. The summed E-state index contributed by atoms with van der Waals surface area (Å²) in [4.78, 5) is 41.2. The summed E-state index contributed by atoms with van der Waals surface area (Å²) in [6.45, 7) is 13.9. The van der Waals surface area contributed by atoms with Crippen LogP contribution in [0, 0.1) is 5.92 Å². The van der Waals surface area contributed by atoms with E-state index < -0.39 is 0 Å². The molecule has 1 N–H and O–H groups in total. The first-order chi connectivity index (χ1) is 16.6. The van der Waals surface area contributed by atoms with Crippen LogP contribution in [0.3, 0.4) is 0 Å². The number of likely N-dealkylation sites (tertiary alicyclic amines) is 2. The molecular weight excluding hydrogens is 444 g/mol. The van der Waals surface area contributed by atoms with E-state index in [0.29, 0.717) is 18.6 Å². The maximum absolute atomic E-state index is 12.8. The molecule has 0 aromatic rings. The molecule has 2 aliphatic heterocycles. The van der Waals surface area contributed by atoms with Crippen molar-refractivity contribution in [3.8, 4) is 0 Å². The Morgan fingerprint density at radius 1 is 1.11 bits per heavy atom. The Morgan fingerprint density at radius 3 is 2.17 bits per heavy atom. The summed E-state index contributed by atoms with van der Waals surface area (Å²) in [7, 11) is 5.53. The van der Waals surface area contributed by atoms with E-state index in [2.05, 4.69) is 31.1 Å². The summed E-state index contributed by atoms with van der Waals surface area (Å²) >= 11 is 0. The van der Waals surface area contributed by atoms with Gasteiger partial charge in [-0.2, -0.15) is 0 Å². The highest BCUT2D eigenvalue weighted by Gasteiger charge is 2.30. The maximum atomic E-state index is 12.8. The van der Waals surface area contributed by atoms with Crippen molar-refractivity contribution in [3.63, 3.8) is 0 Å². The Hall–Kier alpha value is -1.93. The second-order valence-corrected chi connectivity index (χ2v) is 9.91. The minimum Gasteiger partial charge on any atom is -0.383 e. The SMILES string of the molecule is CCC.CN1CCCCC1.COC[C@@H]1CCCN1C(=O)/C(C)=C/[C@H](C(C)C)N(C)C(=O)CNC=O. The van der Waals surface area contributed by atoms with Crippen molar-refractivity contribution in [1.29, 1.82) is 0 Å². The highest BCUT2D eigenvalue weighted by Crippen LogP contribution is 2.21. The zero-order chi connectivity index (χ0) is 26.8. The molecular formula is C27H52N4O4. The van der Waals surface area contributed by atoms with Gasteiger partial charge in [-0.25, -0.2) is 0 Å². The molecule has 0 aliphatic carbocycles. The zero-order valence-corrected chi connectivity index (χ0v) is 23.6. The fraction of sp³-hybridized carbons (Fsp3) is 0.815. The first-order valence-corrected chi connectivity index (χ1v) is 13.2. The van der Waals surface area contributed by atoms with E-state index in [0.717, 1.165) is 19.4 Å². The standard InChI is InChI=1S/C18H31N3O4.C6H13N.C3H8/c1-13(2)16(20(4)17(23)10-19-12-22)9-14(3)18(24)21-8-6-7-15(21)11-25-5;1-7-5-3-2-4-6-7;1-3-2/h9,12-13,15-16H,6-8,10-11H2,1-5H3,(H,19,22);2-6H2,1H3;3H2,1-2H3/b14-9+;;/t15-,16+;;/m0../s1. The van der Waals surface area contributed by atoms with E-state index in [1.165, 1.54) is 38.8 Å². The Kier molecular flexibility index (Phi) is 18.2. The van der Waals surface area contributed by atoms with Crippen molar-refractivity contribution in [2.75, 3.05) is 54.0 Å². The number of carbonyl (C=O) groups is 3. The lowest BCUT2D eigenvalue weighted by molar-refractivity contribution is -0.132. The monoisotopic (exact) mass is 496 g/mol. The molecule has 0 unspecified atom stereocenters. The number of ether oxygens (including phenoxy) is 1. The Labute approximate surface area is 214 Å². The number of amides is 3. The molecule has 0 aromatic carbocycles.